The second kappa shape index (κ2) is 9.62. The molecule has 142 valence electrons. The average Bonchev–Trinajstić information content (AvgIpc) is 3.47. The molecule has 0 atom stereocenters. The summed E-state index contributed by atoms with van der Waals surface area (Å²) in [5.74, 6) is 0. The van der Waals surface area contributed by atoms with Gasteiger partial charge in [-0.25, -0.2) is 9.97 Å². The molecule has 5 heteroatoms. The van der Waals surface area contributed by atoms with Crippen molar-refractivity contribution in [3.05, 3.63) is 77.7 Å². The van der Waals surface area contributed by atoms with E-state index >= 15 is 0 Å². The molecule has 0 saturated heterocycles. The van der Waals surface area contributed by atoms with Crippen LogP contribution in [0, 0.1) is 6.42 Å². The van der Waals surface area contributed by atoms with Gasteiger partial charge in [0.05, 0.1) is 22.8 Å². The van der Waals surface area contributed by atoms with Crippen molar-refractivity contribution in [2.75, 3.05) is 0 Å². The Morgan fingerprint density at radius 2 is 1.00 bits per heavy atom. The fourth-order valence-corrected chi connectivity index (χ4v) is 2.94. The van der Waals surface area contributed by atoms with E-state index in [4.69, 9.17) is 0 Å². The van der Waals surface area contributed by atoms with Gasteiger partial charge in [0.1, 0.15) is 0 Å². The number of hydrogen-bond acceptors (Lipinski definition) is 2. The molecule has 0 amide bonds. The quantitative estimate of drug-likeness (QED) is 0.242. The predicted molar refractivity (Wildman–Crippen MR) is 119 cm³/mol. The minimum atomic E-state index is 0. The second-order valence-electron chi connectivity index (χ2n) is 6.72. The molecule has 5 rings (SSSR count). The molecule has 0 spiro atoms. The smallest absolute Gasteiger partial charge is 0.0659 e. The van der Waals surface area contributed by atoms with Crippen molar-refractivity contribution >= 4 is 46.4 Å². The molecule has 0 radical (unpaired) electrons. The van der Waals surface area contributed by atoms with Gasteiger partial charge in [-0.2, -0.15) is 13.3 Å². The number of nitrogens with zero attached hydrogens (tertiary/aromatic N) is 2. The number of aromatic amines is 2. The van der Waals surface area contributed by atoms with Gasteiger partial charge < -0.3 is 16.4 Å². The summed E-state index contributed by atoms with van der Waals surface area (Å²) in [6.07, 6.45) is 11.4. The second-order valence-corrected chi connectivity index (χ2v) is 6.72. The van der Waals surface area contributed by atoms with Crippen LogP contribution in [0.3, 0.4) is 0 Å². The number of nitrogens with one attached hydrogen (secondary N) is 2. The van der Waals surface area contributed by atoms with Gasteiger partial charge in [-0.05, 0) is 72.8 Å². The maximum atomic E-state index is 4.62. The molecule has 0 aliphatic carbocycles. The van der Waals surface area contributed by atoms with Gasteiger partial charge in [-0.1, -0.05) is 6.92 Å². The SMILES string of the molecule is C1=Cc2cc3ccc(cc4ccc(cc5nc(cc1n2)C=C5)[nH]4)[nH]3.C[CH-]CC.[Zn]. The first-order chi connectivity index (χ1) is 13.7. The zero-order chi connectivity index (χ0) is 19.3. The summed E-state index contributed by atoms with van der Waals surface area (Å²) in [6.45, 7) is 4.18. The summed E-state index contributed by atoms with van der Waals surface area (Å²) in [6, 6.07) is 16.4. The molecule has 2 N–H and O–H groups in total. The van der Waals surface area contributed by atoms with Crippen LogP contribution >= 0.6 is 0 Å². The van der Waals surface area contributed by atoms with Gasteiger partial charge >= 0.3 is 0 Å². The number of rotatable bonds is 1. The molecule has 2 aliphatic heterocycles. The third-order valence-corrected chi connectivity index (χ3v) is 4.45. The Morgan fingerprint density at radius 3 is 1.38 bits per heavy atom. The van der Waals surface area contributed by atoms with Gasteiger partial charge in [-0.3, -0.25) is 0 Å². The van der Waals surface area contributed by atoms with Crippen molar-refractivity contribution in [2.24, 2.45) is 0 Å². The maximum Gasteiger partial charge on any atom is 0.0659 e. The number of aromatic nitrogens is 4. The van der Waals surface area contributed by atoms with Crippen LogP contribution in [0.1, 0.15) is 43.0 Å². The minimum absolute atomic E-state index is 0. The molecule has 0 unspecified atom stereocenters. The predicted octanol–water partition coefficient (Wildman–Crippen LogP) is 6.27. The standard InChI is InChI=1S/C20H14N4.C4H9.Zn/c1-2-14-10-16-5-6-18(23-16)12-20-8-7-19(24-20)11-17-4-3-15(22-17)9-13(1)21-14;1-3-4-2;/h1-12,21-22H;3H,4H2,1-2H3;/q;-1;. The van der Waals surface area contributed by atoms with E-state index in [9.17, 15) is 0 Å². The third-order valence-electron chi connectivity index (χ3n) is 4.45. The third kappa shape index (κ3) is 5.39. The summed E-state index contributed by atoms with van der Waals surface area (Å²) in [4.78, 5) is 16.0. The van der Waals surface area contributed by atoms with E-state index < -0.39 is 0 Å². The molecular formula is C24H23N4Zn-. The molecule has 0 fully saturated rings. The molecule has 8 bridgehead atoms. The number of hydrogen-bond donors (Lipinski definition) is 2. The Bertz CT molecular complexity index is 1110. The topological polar surface area (TPSA) is 57.4 Å². The van der Waals surface area contributed by atoms with E-state index in [1.54, 1.807) is 0 Å². The summed E-state index contributed by atoms with van der Waals surface area (Å²) in [5, 5.41) is 0. The number of H-pyrrole nitrogens is 2. The Morgan fingerprint density at radius 1 is 0.655 bits per heavy atom. The molecular weight excluding hydrogens is 410 g/mol. The van der Waals surface area contributed by atoms with Gasteiger partial charge in [0.25, 0.3) is 0 Å². The summed E-state index contributed by atoms with van der Waals surface area (Å²) in [7, 11) is 0. The summed E-state index contributed by atoms with van der Waals surface area (Å²) < 4.78 is 0. The first-order valence-corrected chi connectivity index (χ1v) is 9.54. The molecule has 3 aromatic heterocycles. The Hall–Kier alpha value is -2.78. The van der Waals surface area contributed by atoms with E-state index in [-0.39, 0.29) is 19.5 Å². The molecule has 3 aromatic rings. The monoisotopic (exact) mass is 431 g/mol. The van der Waals surface area contributed by atoms with Crippen molar-refractivity contribution in [2.45, 2.75) is 20.3 Å². The number of fused-ring (bicyclic) bond motifs is 8. The van der Waals surface area contributed by atoms with Crippen LogP contribution < -0.4 is 0 Å². The van der Waals surface area contributed by atoms with Crippen LogP contribution in [0.25, 0.3) is 46.4 Å². The van der Waals surface area contributed by atoms with Crippen molar-refractivity contribution in [3.63, 3.8) is 0 Å². The summed E-state index contributed by atoms with van der Waals surface area (Å²) >= 11 is 0. The minimum Gasteiger partial charge on any atom is -0.355 e. The number of unbranched alkanes of at least 4 members (excludes halogenated alkanes) is 1. The Balaban J connectivity index is 0.000000443. The van der Waals surface area contributed by atoms with Crippen molar-refractivity contribution < 1.29 is 19.5 Å². The van der Waals surface area contributed by atoms with Crippen LogP contribution in [-0.4, -0.2) is 19.9 Å². The van der Waals surface area contributed by atoms with Crippen LogP contribution in [0.2, 0.25) is 0 Å². The van der Waals surface area contributed by atoms with Crippen LogP contribution in [-0.2, 0) is 19.5 Å². The van der Waals surface area contributed by atoms with E-state index in [1.807, 2.05) is 42.5 Å². The normalized spacial score (nSPS) is 11.5. The fourth-order valence-electron chi connectivity index (χ4n) is 2.94. The molecule has 0 aromatic carbocycles. The van der Waals surface area contributed by atoms with Crippen molar-refractivity contribution in [3.8, 4) is 0 Å². The summed E-state index contributed by atoms with van der Waals surface area (Å²) in [5.41, 5.74) is 7.86. The first-order valence-electron chi connectivity index (χ1n) is 9.54. The van der Waals surface area contributed by atoms with E-state index in [1.165, 1.54) is 6.42 Å². The van der Waals surface area contributed by atoms with Gasteiger partial charge in [0.15, 0.2) is 0 Å². The zero-order valence-electron chi connectivity index (χ0n) is 16.8. The molecule has 4 nitrogen and oxygen atoms in total. The molecule has 2 aliphatic rings. The maximum absolute atomic E-state index is 4.62. The van der Waals surface area contributed by atoms with E-state index in [0.717, 1.165) is 44.8 Å². The van der Waals surface area contributed by atoms with E-state index in [2.05, 4.69) is 70.5 Å². The zero-order valence-corrected chi connectivity index (χ0v) is 19.8. The van der Waals surface area contributed by atoms with Crippen LogP contribution in [0.15, 0.2) is 48.5 Å². The molecule has 0 saturated carbocycles. The van der Waals surface area contributed by atoms with Gasteiger partial charge in [-0.15, -0.1) is 0 Å². The molecule has 29 heavy (non-hydrogen) atoms. The van der Waals surface area contributed by atoms with Gasteiger partial charge in [0.2, 0.25) is 0 Å². The van der Waals surface area contributed by atoms with Crippen molar-refractivity contribution in [1.29, 1.82) is 0 Å². The largest absolute Gasteiger partial charge is 0.355 e. The van der Waals surface area contributed by atoms with Gasteiger partial charge in [0, 0.05) is 41.5 Å². The average molecular weight is 433 g/mol. The Labute approximate surface area is 183 Å². The van der Waals surface area contributed by atoms with E-state index in [0.29, 0.717) is 0 Å². The fraction of sp³-hybridized carbons (Fsp3) is 0.125. The first kappa shape index (κ1) is 20.9. The van der Waals surface area contributed by atoms with Crippen LogP contribution in [0.4, 0.5) is 0 Å². The van der Waals surface area contributed by atoms with Crippen molar-refractivity contribution in [1.82, 2.24) is 19.9 Å². The Kier molecular flexibility index (Phi) is 6.95. The van der Waals surface area contributed by atoms with Crippen LogP contribution in [0.5, 0.6) is 0 Å². The molecule has 5 heterocycles.